The van der Waals surface area contributed by atoms with Gasteiger partial charge in [0.2, 0.25) is 0 Å². The number of aromatic nitrogens is 5. The minimum atomic E-state index is -0.550. The fraction of sp³-hybridized carbons (Fsp3) is 0.370. The number of aromatic amines is 1. The van der Waals surface area contributed by atoms with Gasteiger partial charge in [-0.05, 0) is 57.9 Å². The van der Waals surface area contributed by atoms with Crippen molar-refractivity contribution in [3.8, 4) is 11.4 Å². The number of anilines is 1. The summed E-state index contributed by atoms with van der Waals surface area (Å²) < 4.78 is 5.72. The van der Waals surface area contributed by atoms with Crippen molar-refractivity contribution in [1.29, 1.82) is 0 Å². The van der Waals surface area contributed by atoms with Gasteiger partial charge in [0.15, 0.2) is 11.6 Å². The molecule has 36 heavy (non-hydrogen) atoms. The van der Waals surface area contributed by atoms with E-state index >= 15 is 0 Å². The number of rotatable bonds is 4. The Kier molecular flexibility index (Phi) is 6.30. The van der Waals surface area contributed by atoms with Gasteiger partial charge in [-0.1, -0.05) is 30.3 Å². The summed E-state index contributed by atoms with van der Waals surface area (Å²) in [5.41, 5.74) is 3.41. The molecule has 0 radical (unpaired) electrons. The van der Waals surface area contributed by atoms with Gasteiger partial charge in [0.1, 0.15) is 5.60 Å². The number of carbonyl (C=O) groups is 1. The van der Waals surface area contributed by atoms with Crippen LogP contribution >= 0.6 is 0 Å². The van der Waals surface area contributed by atoms with Gasteiger partial charge in [0.05, 0.1) is 17.8 Å². The Labute approximate surface area is 210 Å². The molecule has 1 amide bonds. The Morgan fingerprint density at radius 3 is 2.72 bits per heavy atom. The third kappa shape index (κ3) is 5.15. The number of amides is 1. The monoisotopic (exact) mass is 485 g/mol. The molecule has 1 aliphatic heterocycles. The number of piperazine rings is 1. The highest BCUT2D eigenvalue weighted by molar-refractivity contribution is 5.85. The Hall–Kier alpha value is -4.01. The number of aryl methyl sites for hydroxylation is 1. The lowest BCUT2D eigenvalue weighted by molar-refractivity contribution is 0.0140. The molecule has 3 heterocycles. The first-order valence-electron chi connectivity index (χ1n) is 12.2. The van der Waals surface area contributed by atoms with Crippen molar-refractivity contribution in [2.75, 3.05) is 24.5 Å². The van der Waals surface area contributed by atoms with Gasteiger partial charge in [0.25, 0.3) is 0 Å². The number of hydrogen-bond donors (Lipinski definition) is 1. The predicted molar refractivity (Wildman–Crippen MR) is 139 cm³/mol. The topological polar surface area (TPSA) is 100 Å². The molecule has 1 N–H and O–H groups in total. The van der Waals surface area contributed by atoms with Crippen LogP contribution in [0.4, 0.5) is 10.6 Å². The number of H-pyrrole nitrogens is 1. The summed E-state index contributed by atoms with van der Waals surface area (Å²) in [6, 6.07) is 16.1. The van der Waals surface area contributed by atoms with Gasteiger partial charge >= 0.3 is 6.09 Å². The van der Waals surface area contributed by atoms with E-state index in [9.17, 15) is 4.79 Å². The maximum absolute atomic E-state index is 13.0. The van der Waals surface area contributed by atoms with Crippen LogP contribution in [-0.4, -0.2) is 67.6 Å². The predicted octanol–water partition coefficient (Wildman–Crippen LogP) is 4.39. The Bertz CT molecular complexity index is 1360. The Morgan fingerprint density at radius 1 is 1.14 bits per heavy atom. The largest absolute Gasteiger partial charge is 0.444 e. The van der Waals surface area contributed by atoms with Crippen LogP contribution in [0.2, 0.25) is 0 Å². The summed E-state index contributed by atoms with van der Waals surface area (Å²) in [5, 5.41) is 16.9. The highest BCUT2D eigenvalue weighted by Crippen LogP contribution is 2.26. The van der Waals surface area contributed by atoms with Gasteiger partial charge < -0.3 is 14.5 Å². The molecule has 4 aromatic rings. The van der Waals surface area contributed by atoms with Gasteiger partial charge in [-0.3, -0.25) is 5.10 Å². The van der Waals surface area contributed by atoms with E-state index in [0.29, 0.717) is 25.5 Å². The van der Waals surface area contributed by atoms with E-state index in [1.54, 1.807) is 6.20 Å². The molecule has 9 heteroatoms. The zero-order valence-electron chi connectivity index (χ0n) is 21.1. The van der Waals surface area contributed by atoms with Crippen LogP contribution in [0, 0.1) is 6.92 Å². The van der Waals surface area contributed by atoms with Crippen LogP contribution in [0.1, 0.15) is 32.0 Å². The van der Waals surface area contributed by atoms with Crippen molar-refractivity contribution in [1.82, 2.24) is 30.3 Å². The van der Waals surface area contributed by atoms with Crippen LogP contribution in [-0.2, 0) is 11.2 Å². The zero-order valence-corrected chi connectivity index (χ0v) is 21.1. The van der Waals surface area contributed by atoms with Gasteiger partial charge in [-0.15, -0.1) is 5.10 Å². The highest BCUT2D eigenvalue weighted by atomic mass is 16.6. The summed E-state index contributed by atoms with van der Waals surface area (Å²) in [7, 11) is 0. The van der Waals surface area contributed by atoms with Gasteiger partial charge in [0, 0.05) is 36.3 Å². The normalized spacial score (nSPS) is 16.4. The lowest BCUT2D eigenvalue weighted by atomic mass is 10.0. The fourth-order valence-electron chi connectivity index (χ4n) is 4.53. The molecule has 9 nitrogen and oxygen atoms in total. The van der Waals surface area contributed by atoms with Crippen molar-refractivity contribution in [3.05, 3.63) is 66.0 Å². The maximum Gasteiger partial charge on any atom is 0.410 e. The second kappa shape index (κ2) is 9.56. The smallest absolute Gasteiger partial charge is 0.410 e. The van der Waals surface area contributed by atoms with Crippen LogP contribution < -0.4 is 4.90 Å². The number of fused-ring (bicyclic) bond motifs is 1. The number of hydrogen-bond acceptors (Lipinski definition) is 7. The van der Waals surface area contributed by atoms with E-state index in [1.807, 2.05) is 69.0 Å². The maximum atomic E-state index is 13.0. The summed E-state index contributed by atoms with van der Waals surface area (Å²) in [5.74, 6) is 1.30. The Balaban J connectivity index is 1.40. The molecular formula is C27H31N7O2. The van der Waals surface area contributed by atoms with E-state index in [0.717, 1.165) is 34.4 Å². The lowest BCUT2D eigenvalue weighted by Gasteiger charge is -2.42. The molecule has 2 aromatic carbocycles. The first-order chi connectivity index (χ1) is 17.3. The van der Waals surface area contributed by atoms with Crippen molar-refractivity contribution < 1.29 is 9.53 Å². The number of nitrogens with one attached hydrogen (secondary N) is 1. The standard InChI is InChI=1S/C27H31N7O2/c1-18-22-15-20(10-11-23(22)31-30-18)25-29-24(16-28-32-25)33-12-13-34(26(35)36-27(2,3)4)21(17-33)14-19-8-6-5-7-9-19/h5-11,15-16,21H,12-14,17H2,1-4H3,(H,30,31)/t21-/m0/s1. The van der Waals surface area contributed by atoms with Gasteiger partial charge in [-0.25, -0.2) is 9.78 Å². The molecule has 1 fully saturated rings. The van der Waals surface area contributed by atoms with Crippen molar-refractivity contribution in [2.45, 2.75) is 45.8 Å². The summed E-state index contributed by atoms with van der Waals surface area (Å²) in [6.45, 7) is 9.45. The van der Waals surface area contributed by atoms with Crippen molar-refractivity contribution >= 4 is 22.8 Å². The summed E-state index contributed by atoms with van der Waals surface area (Å²) >= 11 is 0. The van der Waals surface area contributed by atoms with E-state index in [2.05, 4.69) is 37.4 Å². The molecular weight excluding hydrogens is 454 g/mol. The zero-order chi connectivity index (χ0) is 25.3. The molecule has 186 valence electrons. The average molecular weight is 486 g/mol. The second-order valence-corrected chi connectivity index (χ2v) is 10.2. The molecule has 1 atom stereocenters. The number of ether oxygens (including phenoxy) is 1. The first kappa shape index (κ1) is 23.7. The second-order valence-electron chi connectivity index (χ2n) is 10.2. The lowest BCUT2D eigenvalue weighted by Crippen LogP contribution is -2.57. The van der Waals surface area contributed by atoms with E-state index < -0.39 is 5.60 Å². The van der Waals surface area contributed by atoms with Crippen molar-refractivity contribution in [3.63, 3.8) is 0 Å². The summed E-state index contributed by atoms with van der Waals surface area (Å²) in [6.07, 6.45) is 2.13. The first-order valence-corrected chi connectivity index (χ1v) is 12.2. The fourth-order valence-corrected chi connectivity index (χ4v) is 4.53. The van der Waals surface area contributed by atoms with E-state index in [4.69, 9.17) is 9.72 Å². The van der Waals surface area contributed by atoms with E-state index in [-0.39, 0.29) is 12.1 Å². The average Bonchev–Trinajstić information content (AvgIpc) is 3.23. The molecule has 1 aliphatic rings. The molecule has 5 rings (SSSR count). The van der Waals surface area contributed by atoms with Crippen molar-refractivity contribution in [2.24, 2.45) is 0 Å². The molecule has 0 saturated carbocycles. The third-order valence-electron chi connectivity index (χ3n) is 6.30. The third-order valence-corrected chi connectivity index (χ3v) is 6.30. The van der Waals surface area contributed by atoms with Crippen LogP contribution in [0.3, 0.4) is 0 Å². The minimum Gasteiger partial charge on any atom is -0.444 e. The Morgan fingerprint density at radius 2 is 1.94 bits per heavy atom. The number of nitrogens with zero attached hydrogens (tertiary/aromatic N) is 6. The molecule has 0 unspecified atom stereocenters. The summed E-state index contributed by atoms with van der Waals surface area (Å²) in [4.78, 5) is 21.9. The minimum absolute atomic E-state index is 0.0701. The highest BCUT2D eigenvalue weighted by Gasteiger charge is 2.34. The molecule has 2 aromatic heterocycles. The molecule has 0 aliphatic carbocycles. The van der Waals surface area contributed by atoms with Crippen LogP contribution in [0.15, 0.2) is 54.7 Å². The molecule has 0 spiro atoms. The molecule has 1 saturated heterocycles. The van der Waals surface area contributed by atoms with Crippen LogP contribution in [0.5, 0.6) is 0 Å². The number of carbonyl (C=O) groups excluding carboxylic acids is 1. The molecule has 0 bridgehead atoms. The quantitative estimate of drug-likeness (QED) is 0.457. The van der Waals surface area contributed by atoms with Gasteiger partial charge in [-0.2, -0.15) is 10.2 Å². The SMILES string of the molecule is Cc1[nH]nc2ccc(-c3nncc(N4CCN(C(=O)OC(C)(C)C)[C@@H](Cc5ccccc5)C4)n3)cc12. The van der Waals surface area contributed by atoms with E-state index in [1.165, 1.54) is 5.56 Å². The number of benzene rings is 2. The van der Waals surface area contributed by atoms with Crippen LogP contribution in [0.25, 0.3) is 22.3 Å².